The van der Waals surface area contributed by atoms with E-state index < -0.39 is 0 Å². The molecule has 2 heterocycles. The maximum absolute atomic E-state index is 4.55. The third-order valence-electron chi connectivity index (χ3n) is 4.84. The molecule has 0 atom stereocenters. The Bertz CT molecular complexity index is 835. The van der Waals surface area contributed by atoms with Gasteiger partial charge in [-0.3, -0.25) is 0 Å². The summed E-state index contributed by atoms with van der Waals surface area (Å²) in [7, 11) is 0. The molecule has 0 amide bonds. The van der Waals surface area contributed by atoms with Crippen molar-refractivity contribution in [1.29, 1.82) is 0 Å². The largest absolute Gasteiger partial charge is 0.346 e. The molecule has 0 bridgehead atoms. The molecule has 0 aliphatic heterocycles. The number of aromatic amines is 1. The van der Waals surface area contributed by atoms with Crippen molar-refractivity contribution in [3.63, 3.8) is 0 Å². The van der Waals surface area contributed by atoms with E-state index in [0.29, 0.717) is 5.41 Å². The molecule has 0 spiro atoms. The Labute approximate surface area is 169 Å². The van der Waals surface area contributed by atoms with Gasteiger partial charge in [0, 0.05) is 23.9 Å². The highest BCUT2D eigenvalue weighted by atomic mass is 127. The summed E-state index contributed by atoms with van der Waals surface area (Å²) in [5.41, 5.74) is 4.86. The van der Waals surface area contributed by atoms with Gasteiger partial charge >= 0.3 is 0 Å². The van der Waals surface area contributed by atoms with Crippen LogP contribution in [0.4, 0.5) is 0 Å². The van der Waals surface area contributed by atoms with Gasteiger partial charge in [-0.2, -0.15) is 0 Å². The van der Waals surface area contributed by atoms with E-state index in [1.807, 2.05) is 18.3 Å². The monoisotopic (exact) mass is 460 g/mol. The van der Waals surface area contributed by atoms with Gasteiger partial charge in [0.25, 0.3) is 0 Å². The molecule has 3 aromatic rings. The van der Waals surface area contributed by atoms with Crippen LogP contribution in [0.3, 0.4) is 0 Å². The maximum Gasteiger partial charge on any atom is 0.124 e. The van der Waals surface area contributed by atoms with Crippen LogP contribution in [0.15, 0.2) is 42.6 Å². The Morgan fingerprint density at radius 3 is 2.42 bits per heavy atom. The summed E-state index contributed by atoms with van der Waals surface area (Å²) in [6, 6.07) is 12.5. The summed E-state index contributed by atoms with van der Waals surface area (Å²) in [5, 5.41) is 8.35. The summed E-state index contributed by atoms with van der Waals surface area (Å²) in [6.45, 7) is 6.84. The Kier molecular flexibility index (Phi) is 6.06. The summed E-state index contributed by atoms with van der Waals surface area (Å²) in [6.07, 6.45) is 6.10. The standard InChI is InChI=1S/C21H25IN4/c1-4-21(2,3)13-17-14-23-20(24-17)12-7-15-5-8-16(9-6-15)18-10-11-19(22)26-25-18/h5-6,8-11,14H,4,7,12-13H2,1-3H3,(H,23,24). The van der Waals surface area contributed by atoms with Crippen molar-refractivity contribution in [2.24, 2.45) is 5.41 Å². The molecular formula is C21H25IN4. The SMILES string of the molecule is CCC(C)(C)Cc1cnc(CCc2ccc(-c3ccc(I)nn3)cc2)[nH]1. The molecule has 0 unspecified atom stereocenters. The number of nitrogens with one attached hydrogen (secondary N) is 1. The Balaban J connectivity index is 1.58. The van der Waals surface area contributed by atoms with Crippen molar-refractivity contribution >= 4 is 22.6 Å². The Morgan fingerprint density at radius 1 is 1.00 bits per heavy atom. The number of imidazole rings is 1. The molecule has 4 nitrogen and oxygen atoms in total. The van der Waals surface area contributed by atoms with Crippen LogP contribution in [-0.4, -0.2) is 20.2 Å². The fourth-order valence-electron chi connectivity index (χ4n) is 2.84. The molecule has 1 N–H and O–H groups in total. The zero-order valence-electron chi connectivity index (χ0n) is 15.6. The van der Waals surface area contributed by atoms with Crippen LogP contribution in [0.1, 0.15) is 44.3 Å². The highest BCUT2D eigenvalue weighted by Crippen LogP contribution is 2.24. The third kappa shape index (κ3) is 5.13. The lowest BCUT2D eigenvalue weighted by Crippen LogP contribution is -2.13. The average Bonchev–Trinajstić information content (AvgIpc) is 3.08. The van der Waals surface area contributed by atoms with E-state index in [4.69, 9.17) is 0 Å². The first-order chi connectivity index (χ1) is 12.4. The lowest BCUT2D eigenvalue weighted by atomic mass is 9.85. The van der Waals surface area contributed by atoms with Crippen LogP contribution in [0.5, 0.6) is 0 Å². The number of hydrogen-bond acceptors (Lipinski definition) is 3. The van der Waals surface area contributed by atoms with E-state index in [-0.39, 0.29) is 0 Å². The van der Waals surface area contributed by atoms with Gasteiger partial charge in [0.2, 0.25) is 0 Å². The number of H-pyrrole nitrogens is 1. The zero-order chi connectivity index (χ0) is 18.6. The van der Waals surface area contributed by atoms with Gasteiger partial charge < -0.3 is 4.98 Å². The van der Waals surface area contributed by atoms with Crippen molar-refractivity contribution in [3.05, 3.63) is 63.4 Å². The van der Waals surface area contributed by atoms with Gasteiger partial charge in [-0.1, -0.05) is 51.5 Å². The van der Waals surface area contributed by atoms with Gasteiger partial charge in [-0.15, -0.1) is 10.2 Å². The van der Waals surface area contributed by atoms with Crippen molar-refractivity contribution in [2.45, 2.75) is 46.5 Å². The molecule has 26 heavy (non-hydrogen) atoms. The first-order valence-electron chi connectivity index (χ1n) is 9.06. The molecule has 0 saturated carbocycles. The smallest absolute Gasteiger partial charge is 0.124 e. The van der Waals surface area contributed by atoms with E-state index in [2.05, 4.69) is 87.8 Å². The zero-order valence-corrected chi connectivity index (χ0v) is 17.7. The Morgan fingerprint density at radius 2 is 1.77 bits per heavy atom. The maximum atomic E-state index is 4.55. The highest BCUT2D eigenvalue weighted by Gasteiger charge is 2.17. The third-order valence-corrected chi connectivity index (χ3v) is 5.41. The van der Waals surface area contributed by atoms with Gasteiger partial charge in [0.05, 0.1) is 5.69 Å². The van der Waals surface area contributed by atoms with Gasteiger partial charge in [-0.25, -0.2) is 4.98 Å². The van der Waals surface area contributed by atoms with Crippen molar-refractivity contribution < 1.29 is 0 Å². The molecule has 136 valence electrons. The minimum atomic E-state index is 0.317. The molecule has 0 aliphatic carbocycles. The van der Waals surface area contributed by atoms with E-state index >= 15 is 0 Å². The predicted molar refractivity (Wildman–Crippen MR) is 114 cm³/mol. The van der Waals surface area contributed by atoms with E-state index in [0.717, 1.165) is 40.0 Å². The number of aryl methyl sites for hydroxylation is 2. The first-order valence-corrected chi connectivity index (χ1v) is 10.1. The Hall–Kier alpha value is -1.76. The fourth-order valence-corrected chi connectivity index (χ4v) is 3.13. The lowest BCUT2D eigenvalue weighted by Gasteiger charge is -2.21. The molecule has 1 aromatic carbocycles. The van der Waals surface area contributed by atoms with Crippen LogP contribution in [0.2, 0.25) is 0 Å². The molecule has 3 rings (SSSR count). The van der Waals surface area contributed by atoms with Crippen LogP contribution in [0, 0.1) is 9.12 Å². The van der Waals surface area contributed by atoms with Gasteiger partial charge in [-0.05, 0) is 58.5 Å². The molecule has 0 fully saturated rings. The highest BCUT2D eigenvalue weighted by molar-refractivity contribution is 14.1. The molecule has 0 radical (unpaired) electrons. The average molecular weight is 460 g/mol. The van der Waals surface area contributed by atoms with Crippen molar-refractivity contribution in [2.75, 3.05) is 0 Å². The second kappa shape index (κ2) is 8.29. The number of aromatic nitrogens is 4. The lowest BCUT2D eigenvalue weighted by molar-refractivity contribution is 0.346. The topological polar surface area (TPSA) is 54.5 Å². The number of benzene rings is 1. The number of rotatable bonds is 7. The summed E-state index contributed by atoms with van der Waals surface area (Å²) in [4.78, 5) is 8.03. The second-order valence-corrected chi connectivity index (χ2v) is 8.59. The number of hydrogen-bond donors (Lipinski definition) is 1. The second-order valence-electron chi connectivity index (χ2n) is 7.49. The number of nitrogens with zero attached hydrogens (tertiary/aromatic N) is 3. The minimum Gasteiger partial charge on any atom is -0.346 e. The van der Waals surface area contributed by atoms with E-state index in [1.165, 1.54) is 17.7 Å². The fraction of sp³-hybridized carbons (Fsp3) is 0.381. The molecular weight excluding hydrogens is 435 g/mol. The quantitative estimate of drug-likeness (QED) is 0.491. The van der Waals surface area contributed by atoms with E-state index in [9.17, 15) is 0 Å². The van der Waals surface area contributed by atoms with Gasteiger partial charge in [0.15, 0.2) is 0 Å². The summed E-state index contributed by atoms with van der Waals surface area (Å²) >= 11 is 2.17. The van der Waals surface area contributed by atoms with Crippen LogP contribution in [-0.2, 0) is 19.3 Å². The van der Waals surface area contributed by atoms with Crippen LogP contribution < -0.4 is 0 Å². The van der Waals surface area contributed by atoms with E-state index in [1.54, 1.807) is 0 Å². The molecule has 2 aromatic heterocycles. The predicted octanol–water partition coefficient (Wildman–Crippen LogP) is 5.24. The molecule has 5 heteroatoms. The van der Waals surface area contributed by atoms with Crippen LogP contribution >= 0.6 is 22.6 Å². The van der Waals surface area contributed by atoms with Crippen LogP contribution in [0.25, 0.3) is 11.3 Å². The molecule has 0 aliphatic rings. The van der Waals surface area contributed by atoms with Crippen molar-refractivity contribution in [3.8, 4) is 11.3 Å². The first kappa shape index (κ1) is 19.0. The molecule has 0 saturated heterocycles. The van der Waals surface area contributed by atoms with Crippen molar-refractivity contribution in [1.82, 2.24) is 20.2 Å². The number of halogens is 1. The minimum absolute atomic E-state index is 0.317. The van der Waals surface area contributed by atoms with Gasteiger partial charge in [0.1, 0.15) is 9.53 Å². The summed E-state index contributed by atoms with van der Waals surface area (Å²) < 4.78 is 0.906. The normalized spacial score (nSPS) is 11.7. The summed E-state index contributed by atoms with van der Waals surface area (Å²) in [5.74, 6) is 1.07.